The van der Waals surface area contributed by atoms with Gasteiger partial charge in [0.25, 0.3) is 0 Å². The lowest BCUT2D eigenvalue weighted by Gasteiger charge is -2.33. The third-order valence-corrected chi connectivity index (χ3v) is 5.70. The Hall–Kier alpha value is -2.48. The first kappa shape index (κ1) is 17.9. The van der Waals surface area contributed by atoms with Gasteiger partial charge in [-0.05, 0) is 51.3 Å². The van der Waals surface area contributed by atoms with Crippen LogP contribution < -0.4 is 10.6 Å². The van der Waals surface area contributed by atoms with E-state index in [4.69, 9.17) is 5.73 Å². The van der Waals surface area contributed by atoms with Gasteiger partial charge in [-0.3, -0.25) is 14.7 Å². The van der Waals surface area contributed by atoms with Crippen molar-refractivity contribution in [3.8, 4) is 0 Å². The molecule has 0 aromatic carbocycles. The molecule has 8 heteroatoms. The van der Waals surface area contributed by atoms with Crippen LogP contribution in [-0.2, 0) is 11.3 Å². The van der Waals surface area contributed by atoms with E-state index in [1.807, 2.05) is 24.0 Å². The first-order valence-corrected chi connectivity index (χ1v) is 9.72. The van der Waals surface area contributed by atoms with Crippen molar-refractivity contribution < 1.29 is 4.79 Å². The monoisotopic (exact) mass is 369 g/mol. The second-order valence-corrected chi connectivity index (χ2v) is 7.59. The quantitative estimate of drug-likeness (QED) is 0.853. The fraction of sp³-hybridized carbons (Fsp3) is 0.579. The third-order valence-electron chi connectivity index (χ3n) is 5.70. The Morgan fingerprint density at radius 2 is 2.07 bits per heavy atom. The molecular formula is C19H27N7O. The summed E-state index contributed by atoms with van der Waals surface area (Å²) in [5.74, 6) is -0.237. The Balaban J connectivity index is 1.35. The van der Waals surface area contributed by atoms with E-state index in [2.05, 4.69) is 37.2 Å². The van der Waals surface area contributed by atoms with Crippen LogP contribution in [0.2, 0.25) is 0 Å². The average Bonchev–Trinajstić information content (AvgIpc) is 3.32. The molecule has 2 aromatic rings. The van der Waals surface area contributed by atoms with Crippen LogP contribution in [0.5, 0.6) is 0 Å². The van der Waals surface area contributed by atoms with Crippen molar-refractivity contribution in [2.24, 2.45) is 5.73 Å². The van der Waals surface area contributed by atoms with Crippen LogP contribution in [0.25, 0.3) is 0 Å². The molecule has 0 radical (unpaired) electrons. The molecule has 2 aromatic heterocycles. The minimum atomic E-state index is -0.237. The standard InChI is InChI=1S/C19H27N7O/c1-14-11-17(4-7-21-14)24-9-5-16(6-10-24)26-13-15(22-23-26)12-25-8-2-3-18(25)19(20)27/h4,7,11,13,16,18H,2-3,5-6,8-10,12H2,1H3,(H2,20,27)/t18-/m0/s1. The molecule has 144 valence electrons. The number of anilines is 1. The second-order valence-electron chi connectivity index (χ2n) is 7.59. The molecule has 27 heavy (non-hydrogen) atoms. The molecule has 4 rings (SSSR count). The van der Waals surface area contributed by atoms with Gasteiger partial charge in [0.05, 0.1) is 24.0 Å². The minimum absolute atomic E-state index is 0.165. The number of carbonyl (C=O) groups is 1. The van der Waals surface area contributed by atoms with Crippen LogP contribution in [0.3, 0.4) is 0 Å². The SMILES string of the molecule is Cc1cc(N2CCC(n3cc(CN4CCC[C@H]4C(N)=O)nn3)CC2)ccn1. The van der Waals surface area contributed by atoms with E-state index in [0.29, 0.717) is 12.6 Å². The number of likely N-dealkylation sites (tertiary alicyclic amines) is 1. The van der Waals surface area contributed by atoms with Crippen LogP contribution >= 0.6 is 0 Å². The summed E-state index contributed by atoms with van der Waals surface area (Å²) in [6.07, 6.45) is 7.84. The van der Waals surface area contributed by atoms with Crippen molar-refractivity contribution in [1.82, 2.24) is 24.9 Å². The molecule has 0 unspecified atom stereocenters. The number of aryl methyl sites for hydroxylation is 1. The van der Waals surface area contributed by atoms with E-state index in [-0.39, 0.29) is 11.9 Å². The molecule has 2 aliphatic rings. The van der Waals surface area contributed by atoms with E-state index in [9.17, 15) is 4.79 Å². The third kappa shape index (κ3) is 3.95. The zero-order chi connectivity index (χ0) is 18.8. The van der Waals surface area contributed by atoms with Crippen molar-refractivity contribution >= 4 is 11.6 Å². The normalized spacial score (nSPS) is 21.7. The van der Waals surface area contributed by atoms with Crippen molar-refractivity contribution in [2.45, 2.75) is 51.2 Å². The average molecular weight is 369 g/mol. The number of rotatable bonds is 5. The lowest BCUT2D eigenvalue weighted by molar-refractivity contribution is -0.122. The lowest BCUT2D eigenvalue weighted by Crippen LogP contribution is -2.39. The fourth-order valence-corrected chi connectivity index (χ4v) is 4.23. The Morgan fingerprint density at radius 1 is 1.26 bits per heavy atom. The second kappa shape index (κ2) is 7.64. The molecular weight excluding hydrogens is 342 g/mol. The topological polar surface area (TPSA) is 93.2 Å². The highest BCUT2D eigenvalue weighted by molar-refractivity contribution is 5.80. The summed E-state index contributed by atoms with van der Waals surface area (Å²) in [7, 11) is 0. The number of aromatic nitrogens is 4. The number of carbonyl (C=O) groups excluding carboxylic acids is 1. The van der Waals surface area contributed by atoms with Crippen LogP contribution in [0.4, 0.5) is 5.69 Å². The van der Waals surface area contributed by atoms with Gasteiger partial charge >= 0.3 is 0 Å². The maximum atomic E-state index is 11.6. The number of primary amides is 1. The largest absolute Gasteiger partial charge is 0.371 e. The van der Waals surface area contributed by atoms with E-state index >= 15 is 0 Å². The first-order chi connectivity index (χ1) is 13.1. The summed E-state index contributed by atoms with van der Waals surface area (Å²) in [5.41, 5.74) is 8.71. The molecule has 2 fully saturated rings. The fourth-order valence-electron chi connectivity index (χ4n) is 4.23. The number of hydrogen-bond donors (Lipinski definition) is 1. The highest BCUT2D eigenvalue weighted by Gasteiger charge is 2.30. The minimum Gasteiger partial charge on any atom is -0.371 e. The number of piperidine rings is 1. The van der Waals surface area contributed by atoms with Crippen LogP contribution in [-0.4, -0.2) is 56.5 Å². The van der Waals surface area contributed by atoms with Gasteiger partial charge in [-0.2, -0.15) is 0 Å². The number of hydrogen-bond acceptors (Lipinski definition) is 6. The Kier molecular flexibility index (Phi) is 5.07. The number of nitrogens with two attached hydrogens (primary N) is 1. The zero-order valence-electron chi connectivity index (χ0n) is 15.8. The molecule has 8 nitrogen and oxygen atoms in total. The smallest absolute Gasteiger partial charge is 0.234 e. The molecule has 1 atom stereocenters. The van der Waals surface area contributed by atoms with Crippen molar-refractivity contribution in [2.75, 3.05) is 24.5 Å². The van der Waals surface area contributed by atoms with E-state index < -0.39 is 0 Å². The molecule has 4 heterocycles. The van der Waals surface area contributed by atoms with E-state index in [1.165, 1.54) is 5.69 Å². The summed E-state index contributed by atoms with van der Waals surface area (Å²) in [6.45, 7) is 5.56. The molecule has 0 aliphatic carbocycles. The molecule has 0 spiro atoms. The number of nitrogens with zero attached hydrogens (tertiary/aromatic N) is 6. The summed E-state index contributed by atoms with van der Waals surface area (Å²) < 4.78 is 2.00. The van der Waals surface area contributed by atoms with Crippen LogP contribution in [0.15, 0.2) is 24.5 Å². The van der Waals surface area contributed by atoms with E-state index in [0.717, 1.165) is 56.7 Å². The van der Waals surface area contributed by atoms with Crippen LogP contribution in [0, 0.1) is 6.92 Å². The lowest BCUT2D eigenvalue weighted by atomic mass is 10.0. The summed E-state index contributed by atoms with van der Waals surface area (Å²) in [5, 5.41) is 8.69. The molecule has 2 saturated heterocycles. The number of pyridine rings is 1. The molecule has 2 aliphatic heterocycles. The van der Waals surface area contributed by atoms with Gasteiger partial charge in [0.15, 0.2) is 0 Å². The number of amides is 1. The van der Waals surface area contributed by atoms with Crippen molar-refractivity contribution in [1.29, 1.82) is 0 Å². The summed E-state index contributed by atoms with van der Waals surface area (Å²) >= 11 is 0. The Labute approximate surface area is 159 Å². The maximum absolute atomic E-state index is 11.6. The van der Waals surface area contributed by atoms with Gasteiger partial charge in [0, 0.05) is 37.2 Å². The predicted octanol–water partition coefficient (Wildman–Crippen LogP) is 1.27. The van der Waals surface area contributed by atoms with Crippen molar-refractivity contribution in [3.63, 3.8) is 0 Å². The van der Waals surface area contributed by atoms with Gasteiger partial charge in [-0.15, -0.1) is 5.10 Å². The molecule has 0 bridgehead atoms. The molecule has 0 saturated carbocycles. The van der Waals surface area contributed by atoms with E-state index in [1.54, 1.807) is 0 Å². The maximum Gasteiger partial charge on any atom is 0.234 e. The zero-order valence-corrected chi connectivity index (χ0v) is 15.8. The van der Waals surface area contributed by atoms with Gasteiger partial charge < -0.3 is 10.6 Å². The Bertz CT molecular complexity index is 797. The summed E-state index contributed by atoms with van der Waals surface area (Å²) in [4.78, 5) is 20.4. The van der Waals surface area contributed by atoms with Crippen molar-refractivity contribution in [3.05, 3.63) is 35.9 Å². The van der Waals surface area contributed by atoms with Gasteiger partial charge in [0.1, 0.15) is 0 Å². The Morgan fingerprint density at radius 3 is 2.81 bits per heavy atom. The van der Waals surface area contributed by atoms with Gasteiger partial charge in [-0.1, -0.05) is 5.21 Å². The molecule has 1 amide bonds. The van der Waals surface area contributed by atoms with Gasteiger partial charge in [-0.25, -0.2) is 4.68 Å². The predicted molar refractivity (Wildman–Crippen MR) is 102 cm³/mol. The highest BCUT2D eigenvalue weighted by atomic mass is 16.1. The first-order valence-electron chi connectivity index (χ1n) is 9.72. The van der Waals surface area contributed by atoms with Crippen LogP contribution in [0.1, 0.15) is 43.1 Å². The summed E-state index contributed by atoms with van der Waals surface area (Å²) in [6, 6.07) is 4.42. The molecule has 2 N–H and O–H groups in total. The highest BCUT2D eigenvalue weighted by Crippen LogP contribution is 2.26. The van der Waals surface area contributed by atoms with Gasteiger partial charge in [0.2, 0.25) is 5.91 Å².